The summed E-state index contributed by atoms with van der Waals surface area (Å²) in [6.07, 6.45) is 3.12. The van der Waals surface area contributed by atoms with Gasteiger partial charge in [-0.05, 0) is 29.7 Å². The number of nitrogens with one attached hydrogen (secondary N) is 1. The first-order valence-electron chi connectivity index (χ1n) is 10.1. The van der Waals surface area contributed by atoms with E-state index in [0.717, 1.165) is 44.8 Å². The lowest BCUT2D eigenvalue weighted by Gasteiger charge is -2.35. The maximum atomic E-state index is 12.7. The third-order valence-electron chi connectivity index (χ3n) is 5.80. The van der Waals surface area contributed by atoms with E-state index in [2.05, 4.69) is 35.2 Å². The Morgan fingerprint density at radius 1 is 0.964 bits per heavy atom. The number of carbonyl (C=O) groups is 1. The van der Waals surface area contributed by atoms with Crippen LogP contribution in [0.25, 0.3) is 5.57 Å². The van der Waals surface area contributed by atoms with Gasteiger partial charge in [0.2, 0.25) is 0 Å². The van der Waals surface area contributed by atoms with Crippen molar-refractivity contribution >= 4 is 17.2 Å². The largest absolute Gasteiger partial charge is 0.506 e. The van der Waals surface area contributed by atoms with Gasteiger partial charge in [0, 0.05) is 13.1 Å². The fourth-order valence-corrected chi connectivity index (χ4v) is 4.11. The van der Waals surface area contributed by atoms with E-state index >= 15 is 0 Å². The van der Waals surface area contributed by atoms with Crippen molar-refractivity contribution in [2.45, 2.75) is 6.42 Å². The highest BCUT2D eigenvalue weighted by molar-refractivity contribution is 5.79. The molecule has 2 aliphatic heterocycles. The number of piperazine rings is 1. The molecule has 0 aromatic heterocycles. The first kappa shape index (κ1) is 18.6. The van der Waals surface area contributed by atoms with Crippen molar-refractivity contribution < 1.29 is 14.8 Å². The van der Waals surface area contributed by atoms with Crippen LogP contribution >= 0.6 is 0 Å². The van der Waals surface area contributed by atoms with E-state index in [4.69, 9.17) is 0 Å². The maximum absolute atomic E-state index is 12.7. The Morgan fingerprint density at radius 2 is 1.68 bits per heavy atom. The Kier molecular flexibility index (Phi) is 5.63. The van der Waals surface area contributed by atoms with E-state index in [0.29, 0.717) is 18.8 Å². The van der Waals surface area contributed by atoms with Crippen molar-refractivity contribution in [2.24, 2.45) is 0 Å². The molecule has 1 fully saturated rings. The molecule has 2 aliphatic rings. The summed E-state index contributed by atoms with van der Waals surface area (Å²) in [5, 5.41) is 10.0. The summed E-state index contributed by atoms with van der Waals surface area (Å²) in [5.74, 6) is 0.575. The summed E-state index contributed by atoms with van der Waals surface area (Å²) in [7, 11) is 0. The number of anilines is 1. The standard InChI is InChI=1S/C23H27N3O2/c27-22-9-5-4-8-21(22)25-16-14-24(15-17-25)18-23(28)26-12-10-20(11-13-26)19-6-2-1-3-7-19/h1-10,27H,11-18H2/p+1. The Morgan fingerprint density at radius 3 is 2.36 bits per heavy atom. The monoisotopic (exact) mass is 378 g/mol. The second-order valence-electron chi connectivity index (χ2n) is 7.59. The van der Waals surface area contributed by atoms with Crippen LogP contribution in [0.3, 0.4) is 0 Å². The summed E-state index contributed by atoms with van der Waals surface area (Å²) < 4.78 is 0. The Labute approximate surface area is 166 Å². The van der Waals surface area contributed by atoms with E-state index in [1.165, 1.54) is 16.0 Å². The molecular weight excluding hydrogens is 350 g/mol. The molecule has 0 radical (unpaired) electrons. The molecule has 0 atom stereocenters. The first-order chi connectivity index (χ1) is 13.7. The second-order valence-corrected chi connectivity index (χ2v) is 7.59. The van der Waals surface area contributed by atoms with Gasteiger partial charge in [-0.3, -0.25) is 4.79 Å². The van der Waals surface area contributed by atoms with Crippen LogP contribution in [-0.4, -0.2) is 61.7 Å². The van der Waals surface area contributed by atoms with Gasteiger partial charge in [0.1, 0.15) is 5.75 Å². The minimum atomic E-state index is 0.245. The number of aromatic hydroxyl groups is 1. The number of para-hydroxylation sites is 2. The van der Waals surface area contributed by atoms with E-state index in [9.17, 15) is 9.90 Å². The van der Waals surface area contributed by atoms with Crippen molar-refractivity contribution in [1.82, 2.24) is 4.90 Å². The quantitative estimate of drug-likeness (QED) is 0.846. The zero-order valence-electron chi connectivity index (χ0n) is 16.2. The number of nitrogens with zero attached hydrogens (tertiary/aromatic N) is 2. The highest BCUT2D eigenvalue weighted by Crippen LogP contribution is 2.26. The third-order valence-corrected chi connectivity index (χ3v) is 5.80. The minimum Gasteiger partial charge on any atom is -0.506 e. The fourth-order valence-electron chi connectivity index (χ4n) is 4.11. The SMILES string of the molecule is O=C(C[NH+]1CCN(c2ccccc2O)CC1)N1CC=C(c2ccccc2)CC1. The molecule has 2 aromatic carbocycles. The van der Waals surface area contributed by atoms with E-state index in [1.54, 1.807) is 6.07 Å². The van der Waals surface area contributed by atoms with Crippen molar-refractivity contribution in [3.63, 3.8) is 0 Å². The van der Waals surface area contributed by atoms with Gasteiger partial charge in [-0.15, -0.1) is 0 Å². The number of amides is 1. The molecule has 0 aliphatic carbocycles. The number of phenolic OH excluding ortho intramolecular Hbond substituents is 1. The van der Waals surface area contributed by atoms with Crippen molar-refractivity contribution in [1.29, 1.82) is 0 Å². The van der Waals surface area contributed by atoms with Crippen LogP contribution in [0.15, 0.2) is 60.7 Å². The number of benzene rings is 2. The lowest BCUT2D eigenvalue weighted by molar-refractivity contribution is -0.892. The van der Waals surface area contributed by atoms with Crippen LogP contribution in [-0.2, 0) is 4.79 Å². The number of carbonyl (C=O) groups excluding carboxylic acids is 1. The van der Waals surface area contributed by atoms with Crippen molar-refractivity contribution in [2.75, 3.05) is 50.7 Å². The zero-order chi connectivity index (χ0) is 19.3. The predicted molar refractivity (Wildman–Crippen MR) is 111 cm³/mol. The van der Waals surface area contributed by atoms with Gasteiger partial charge in [-0.25, -0.2) is 0 Å². The topological polar surface area (TPSA) is 48.2 Å². The number of rotatable bonds is 4. The average Bonchev–Trinajstić information content (AvgIpc) is 2.75. The van der Waals surface area contributed by atoms with Crippen LogP contribution < -0.4 is 9.80 Å². The second kappa shape index (κ2) is 8.48. The Bertz CT molecular complexity index is 842. The Hall–Kier alpha value is -2.79. The number of hydrogen-bond acceptors (Lipinski definition) is 3. The molecule has 28 heavy (non-hydrogen) atoms. The molecule has 0 bridgehead atoms. The minimum absolute atomic E-state index is 0.245. The molecule has 4 rings (SSSR count). The molecule has 2 N–H and O–H groups in total. The Balaban J connectivity index is 1.27. The van der Waals surface area contributed by atoms with Gasteiger partial charge >= 0.3 is 0 Å². The van der Waals surface area contributed by atoms with Crippen molar-refractivity contribution in [3.05, 3.63) is 66.2 Å². The maximum Gasteiger partial charge on any atom is 0.278 e. The summed E-state index contributed by atoms with van der Waals surface area (Å²) in [4.78, 5) is 18.3. The van der Waals surface area contributed by atoms with Crippen LogP contribution in [0.5, 0.6) is 5.75 Å². The van der Waals surface area contributed by atoms with Gasteiger partial charge in [0.25, 0.3) is 5.91 Å². The summed E-state index contributed by atoms with van der Waals surface area (Å²) in [5.41, 5.74) is 3.50. The summed E-state index contributed by atoms with van der Waals surface area (Å²) in [6, 6.07) is 17.9. The number of phenols is 1. The normalized spacial score (nSPS) is 18.1. The van der Waals surface area contributed by atoms with Gasteiger partial charge in [0.15, 0.2) is 6.54 Å². The molecular formula is C23H28N3O2+. The van der Waals surface area contributed by atoms with Gasteiger partial charge in [0.05, 0.1) is 31.9 Å². The van der Waals surface area contributed by atoms with Crippen LogP contribution in [0, 0.1) is 0 Å². The molecule has 1 saturated heterocycles. The third kappa shape index (κ3) is 4.20. The van der Waals surface area contributed by atoms with E-state index < -0.39 is 0 Å². The van der Waals surface area contributed by atoms with Gasteiger partial charge < -0.3 is 19.8 Å². The van der Waals surface area contributed by atoms with E-state index in [1.807, 2.05) is 29.2 Å². The summed E-state index contributed by atoms with van der Waals surface area (Å²) >= 11 is 0. The molecule has 5 nitrogen and oxygen atoms in total. The fraction of sp³-hybridized carbons (Fsp3) is 0.348. The van der Waals surface area contributed by atoms with E-state index in [-0.39, 0.29) is 5.91 Å². The zero-order valence-corrected chi connectivity index (χ0v) is 16.2. The van der Waals surface area contributed by atoms with Crippen molar-refractivity contribution in [3.8, 4) is 5.75 Å². The smallest absolute Gasteiger partial charge is 0.278 e. The van der Waals surface area contributed by atoms with Gasteiger partial charge in [-0.1, -0.05) is 48.5 Å². The summed E-state index contributed by atoms with van der Waals surface area (Å²) in [6.45, 7) is 5.62. The molecule has 1 amide bonds. The molecule has 146 valence electrons. The molecule has 0 saturated carbocycles. The average molecular weight is 378 g/mol. The molecule has 0 unspecified atom stereocenters. The molecule has 5 heteroatoms. The van der Waals surface area contributed by atoms with Crippen LogP contribution in [0.1, 0.15) is 12.0 Å². The van der Waals surface area contributed by atoms with Crippen LogP contribution in [0.4, 0.5) is 5.69 Å². The first-order valence-corrected chi connectivity index (χ1v) is 10.1. The highest BCUT2D eigenvalue weighted by Gasteiger charge is 2.26. The molecule has 2 aromatic rings. The molecule has 0 spiro atoms. The highest BCUT2D eigenvalue weighted by atomic mass is 16.3. The molecule has 2 heterocycles. The predicted octanol–water partition coefficient (Wildman–Crippen LogP) is 1.41. The lowest BCUT2D eigenvalue weighted by atomic mass is 9.99. The number of hydrogen-bond donors (Lipinski definition) is 2. The van der Waals surface area contributed by atoms with Crippen LogP contribution in [0.2, 0.25) is 0 Å². The van der Waals surface area contributed by atoms with Gasteiger partial charge in [-0.2, -0.15) is 0 Å². The number of quaternary nitrogens is 1. The lowest BCUT2D eigenvalue weighted by Crippen LogP contribution is -3.15.